The fraction of sp³-hybridized carbons (Fsp3) is 0.240. The van der Waals surface area contributed by atoms with Crippen LogP contribution in [0.2, 0.25) is 0 Å². The molecule has 164 valence electrons. The fourth-order valence-corrected chi connectivity index (χ4v) is 4.14. The van der Waals surface area contributed by atoms with Crippen molar-refractivity contribution in [2.24, 2.45) is 11.1 Å². The number of hydrogen-bond acceptors (Lipinski definition) is 5. The van der Waals surface area contributed by atoms with Gasteiger partial charge in [-0.25, -0.2) is 4.98 Å². The standard InChI is InChI=1S/C25H26N4O3/c1-18-14-29(17-26-18)23-10-8-19(12-24(23)32-2)9-11-25(30)28-15-21(13-27-31)22(16-28)20-6-4-3-5-7-20/h3-14,17,21-22,31H,15-16H2,1-2H3/b11-9+,27-13+. The Morgan fingerprint density at radius 3 is 2.72 bits per heavy atom. The number of methoxy groups -OCH3 is 1. The smallest absolute Gasteiger partial charge is 0.246 e. The highest BCUT2D eigenvalue weighted by Crippen LogP contribution is 2.32. The second-order valence-corrected chi connectivity index (χ2v) is 7.88. The molecule has 0 spiro atoms. The zero-order valence-electron chi connectivity index (χ0n) is 18.1. The average molecular weight is 431 g/mol. The molecular formula is C25H26N4O3. The third-order valence-corrected chi connectivity index (χ3v) is 5.77. The van der Waals surface area contributed by atoms with Crippen molar-refractivity contribution >= 4 is 18.2 Å². The monoisotopic (exact) mass is 430 g/mol. The summed E-state index contributed by atoms with van der Waals surface area (Å²) in [6.45, 7) is 3.02. The average Bonchev–Trinajstić information content (AvgIpc) is 3.44. The lowest BCUT2D eigenvalue weighted by molar-refractivity contribution is -0.125. The zero-order chi connectivity index (χ0) is 22.5. The van der Waals surface area contributed by atoms with Gasteiger partial charge in [-0.2, -0.15) is 0 Å². The molecule has 1 aliphatic rings. The van der Waals surface area contributed by atoms with Crippen LogP contribution in [0.4, 0.5) is 0 Å². The molecule has 0 saturated carbocycles. The molecule has 2 unspecified atom stereocenters. The molecule has 32 heavy (non-hydrogen) atoms. The van der Waals surface area contributed by atoms with Gasteiger partial charge in [0, 0.05) is 43.4 Å². The van der Waals surface area contributed by atoms with E-state index in [1.54, 1.807) is 30.5 Å². The molecular weight excluding hydrogens is 404 g/mol. The molecule has 0 radical (unpaired) electrons. The third-order valence-electron chi connectivity index (χ3n) is 5.77. The Labute approximate surface area is 187 Å². The summed E-state index contributed by atoms with van der Waals surface area (Å²) in [5.74, 6) is 0.690. The van der Waals surface area contributed by atoms with Gasteiger partial charge in [-0.15, -0.1) is 5.16 Å². The van der Waals surface area contributed by atoms with Crippen LogP contribution < -0.4 is 4.74 Å². The first-order valence-corrected chi connectivity index (χ1v) is 10.5. The summed E-state index contributed by atoms with van der Waals surface area (Å²) in [7, 11) is 1.62. The van der Waals surface area contributed by atoms with Gasteiger partial charge in [0.2, 0.25) is 5.91 Å². The van der Waals surface area contributed by atoms with Crippen molar-refractivity contribution in [1.82, 2.24) is 14.5 Å². The highest BCUT2D eigenvalue weighted by atomic mass is 16.5. The molecule has 0 aliphatic carbocycles. The molecule has 2 aromatic carbocycles. The van der Waals surface area contributed by atoms with E-state index in [4.69, 9.17) is 9.94 Å². The van der Waals surface area contributed by atoms with Crippen LogP contribution >= 0.6 is 0 Å². The number of carbonyl (C=O) groups excluding carboxylic acids is 1. The van der Waals surface area contributed by atoms with E-state index in [1.807, 2.05) is 66.2 Å². The molecule has 1 saturated heterocycles. The van der Waals surface area contributed by atoms with Crippen molar-refractivity contribution < 1.29 is 14.7 Å². The Morgan fingerprint density at radius 1 is 1.22 bits per heavy atom. The van der Waals surface area contributed by atoms with Crippen LogP contribution in [-0.2, 0) is 4.79 Å². The lowest BCUT2D eigenvalue weighted by Gasteiger charge is -2.15. The van der Waals surface area contributed by atoms with Crippen molar-refractivity contribution in [1.29, 1.82) is 0 Å². The van der Waals surface area contributed by atoms with Gasteiger partial charge in [-0.1, -0.05) is 36.4 Å². The Balaban J connectivity index is 1.49. The van der Waals surface area contributed by atoms with Gasteiger partial charge in [0.1, 0.15) is 5.75 Å². The van der Waals surface area contributed by atoms with Crippen LogP contribution in [0.5, 0.6) is 5.75 Å². The summed E-state index contributed by atoms with van der Waals surface area (Å²) in [5.41, 5.74) is 3.80. The number of rotatable bonds is 6. The van der Waals surface area contributed by atoms with E-state index in [2.05, 4.69) is 10.1 Å². The van der Waals surface area contributed by atoms with Gasteiger partial charge >= 0.3 is 0 Å². The minimum absolute atomic E-state index is 0.0298. The first-order valence-electron chi connectivity index (χ1n) is 10.5. The van der Waals surface area contributed by atoms with Crippen molar-refractivity contribution in [3.05, 3.63) is 84.0 Å². The highest BCUT2D eigenvalue weighted by Gasteiger charge is 2.34. The normalized spacial score (nSPS) is 18.6. The van der Waals surface area contributed by atoms with Gasteiger partial charge in [-0.3, -0.25) is 4.79 Å². The predicted octanol–water partition coefficient (Wildman–Crippen LogP) is 3.90. The molecule has 0 bridgehead atoms. The topological polar surface area (TPSA) is 80.0 Å². The lowest BCUT2D eigenvalue weighted by atomic mass is 9.90. The van der Waals surface area contributed by atoms with Crippen LogP contribution in [0, 0.1) is 12.8 Å². The second kappa shape index (κ2) is 9.51. The predicted molar refractivity (Wildman–Crippen MR) is 123 cm³/mol. The lowest BCUT2D eigenvalue weighted by Crippen LogP contribution is -2.27. The number of oxime groups is 1. The first-order chi connectivity index (χ1) is 15.6. The molecule has 1 N–H and O–H groups in total. The number of aromatic nitrogens is 2. The second-order valence-electron chi connectivity index (χ2n) is 7.88. The highest BCUT2D eigenvalue weighted by molar-refractivity contribution is 5.92. The Bertz CT molecular complexity index is 1140. The van der Waals surface area contributed by atoms with Gasteiger partial charge in [0.25, 0.3) is 0 Å². The SMILES string of the molecule is COc1cc(/C=C/C(=O)N2CC(/C=N/O)C(c3ccccc3)C2)ccc1-n1cnc(C)c1. The van der Waals surface area contributed by atoms with Crippen LogP contribution in [0.1, 0.15) is 22.7 Å². The summed E-state index contributed by atoms with van der Waals surface area (Å²) < 4.78 is 7.45. The fourth-order valence-electron chi connectivity index (χ4n) is 4.14. The van der Waals surface area contributed by atoms with Crippen molar-refractivity contribution in [3.8, 4) is 11.4 Å². The number of amides is 1. The van der Waals surface area contributed by atoms with Gasteiger partial charge in [0.15, 0.2) is 0 Å². The number of likely N-dealkylation sites (tertiary alicyclic amines) is 1. The number of benzene rings is 2. The number of hydrogen-bond donors (Lipinski definition) is 1. The number of aryl methyl sites for hydroxylation is 1. The van der Waals surface area contributed by atoms with E-state index >= 15 is 0 Å². The van der Waals surface area contributed by atoms with Gasteiger partial charge < -0.3 is 19.4 Å². The summed E-state index contributed by atoms with van der Waals surface area (Å²) in [4.78, 5) is 18.9. The minimum Gasteiger partial charge on any atom is -0.495 e. The van der Waals surface area contributed by atoms with E-state index in [9.17, 15) is 4.79 Å². The summed E-state index contributed by atoms with van der Waals surface area (Å²) in [6.07, 6.45) is 8.57. The maximum absolute atomic E-state index is 12.9. The van der Waals surface area contributed by atoms with E-state index in [1.165, 1.54) is 6.21 Å². The van der Waals surface area contributed by atoms with Gasteiger partial charge in [-0.05, 0) is 36.3 Å². The number of ether oxygens (including phenoxy) is 1. The van der Waals surface area contributed by atoms with E-state index in [-0.39, 0.29) is 17.7 Å². The molecule has 1 aliphatic heterocycles. The largest absolute Gasteiger partial charge is 0.495 e. The molecule has 1 aromatic heterocycles. The number of nitrogens with zero attached hydrogens (tertiary/aromatic N) is 4. The minimum atomic E-state index is -0.0759. The van der Waals surface area contributed by atoms with Crippen LogP contribution in [0.3, 0.4) is 0 Å². The summed E-state index contributed by atoms with van der Waals surface area (Å²) in [6, 6.07) is 15.8. The van der Waals surface area contributed by atoms with Crippen molar-refractivity contribution in [2.45, 2.75) is 12.8 Å². The van der Waals surface area contributed by atoms with Crippen molar-refractivity contribution in [3.63, 3.8) is 0 Å². The Morgan fingerprint density at radius 2 is 2.03 bits per heavy atom. The molecule has 4 rings (SSSR count). The van der Waals surface area contributed by atoms with Gasteiger partial charge in [0.05, 0.1) is 24.8 Å². The van der Waals surface area contributed by atoms with Crippen molar-refractivity contribution in [2.75, 3.05) is 20.2 Å². The van der Waals surface area contributed by atoms with E-state index in [0.29, 0.717) is 18.8 Å². The third kappa shape index (κ3) is 4.56. The molecule has 1 amide bonds. The Kier molecular flexibility index (Phi) is 6.35. The number of imidazole rings is 1. The van der Waals surface area contributed by atoms with E-state index < -0.39 is 0 Å². The molecule has 2 atom stereocenters. The maximum Gasteiger partial charge on any atom is 0.246 e. The molecule has 3 aromatic rings. The maximum atomic E-state index is 12.9. The van der Waals surface area contributed by atoms with Crippen LogP contribution in [-0.4, -0.2) is 52.0 Å². The molecule has 7 nitrogen and oxygen atoms in total. The summed E-state index contributed by atoms with van der Waals surface area (Å²) in [5, 5.41) is 12.3. The van der Waals surface area contributed by atoms with Crippen LogP contribution in [0.25, 0.3) is 11.8 Å². The first kappa shape index (κ1) is 21.4. The van der Waals surface area contributed by atoms with Crippen LogP contribution in [0.15, 0.2) is 72.3 Å². The zero-order valence-corrected chi connectivity index (χ0v) is 18.1. The number of carbonyl (C=O) groups is 1. The van der Waals surface area contributed by atoms with E-state index in [0.717, 1.165) is 22.5 Å². The summed E-state index contributed by atoms with van der Waals surface area (Å²) >= 11 is 0. The quantitative estimate of drug-likeness (QED) is 0.278. The molecule has 7 heteroatoms. The Hall–Kier alpha value is -3.87. The molecule has 1 fully saturated rings. The molecule has 2 heterocycles.